The summed E-state index contributed by atoms with van der Waals surface area (Å²) >= 11 is 0. The SMILES string of the molecule is CC(C)C1CN(C(C)C2CC3CCC2C3)C(C)CN1. The van der Waals surface area contributed by atoms with Crippen LogP contribution < -0.4 is 5.32 Å². The van der Waals surface area contributed by atoms with Crippen molar-refractivity contribution >= 4 is 0 Å². The molecule has 2 nitrogen and oxygen atoms in total. The van der Waals surface area contributed by atoms with Crippen LogP contribution in [0.5, 0.6) is 0 Å². The highest BCUT2D eigenvalue weighted by Gasteiger charge is 2.44. The molecule has 0 spiro atoms. The number of hydrogen-bond acceptors (Lipinski definition) is 2. The Balaban J connectivity index is 1.66. The lowest BCUT2D eigenvalue weighted by molar-refractivity contribution is 0.0423. The van der Waals surface area contributed by atoms with E-state index >= 15 is 0 Å². The van der Waals surface area contributed by atoms with E-state index in [1.54, 1.807) is 6.42 Å². The van der Waals surface area contributed by atoms with Crippen LogP contribution >= 0.6 is 0 Å². The molecule has 2 bridgehead atoms. The van der Waals surface area contributed by atoms with Crippen molar-refractivity contribution in [2.75, 3.05) is 13.1 Å². The van der Waals surface area contributed by atoms with E-state index in [0.29, 0.717) is 12.1 Å². The maximum atomic E-state index is 3.74. The molecule has 6 atom stereocenters. The van der Waals surface area contributed by atoms with E-state index in [1.807, 2.05) is 0 Å². The number of nitrogens with zero attached hydrogens (tertiary/aromatic N) is 1. The molecule has 0 radical (unpaired) electrons. The molecule has 1 heterocycles. The Bertz CT molecular complexity index is 314. The summed E-state index contributed by atoms with van der Waals surface area (Å²) in [6.07, 6.45) is 6.12. The Morgan fingerprint density at radius 3 is 2.47 bits per heavy atom. The van der Waals surface area contributed by atoms with Gasteiger partial charge in [-0.2, -0.15) is 0 Å². The monoisotopic (exact) mass is 264 g/mol. The van der Waals surface area contributed by atoms with Crippen molar-refractivity contribution in [2.45, 2.75) is 71.5 Å². The molecule has 0 aromatic rings. The van der Waals surface area contributed by atoms with Crippen molar-refractivity contribution in [3.8, 4) is 0 Å². The van der Waals surface area contributed by atoms with Crippen LogP contribution in [-0.4, -0.2) is 36.1 Å². The van der Waals surface area contributed by atoms with Crippen LogP contribution in [0, 0.1) is 23.7 Å². The van der Waals surface area contributed by atoms with Crippen LogP contribution in [0.3, 0.4) is 0 Å². The van der Waals surface area contributed by atoms with Gasteiger partial charge in [-0.1, -0.05) is 20.3 Å². The third-order valence-electron chi connectivity index (χ3n) is 6.39. The molecule has 3 rings (SSSR count). The zero-order valence-corrected chi connectivity index (χ0v) is 13.2. The number of rotatable bonds is 3. The lowest BCUT2D eigenvalue weighted by Gasteiger charge is -2.46. The van der Waals surface area contributed by atoms with Gasteiger partial charge in [-0.3, -0.25) is 4.90 Å². The van der Waals surface area contributed by atoms with Gasteiger partial charge in [0.05, 0.1) is 0 Å². The standard InChI is InChI=1S/C17H32N2/c1-11(2)17-10-19(12(3)9-18-17)13(4)16-8-14-5-6-15(16)7-14/h11-18H,5-10H2,1-4H3. The minimum Gasteiger partial charge on any atom is -0.311 e. The predicted octanol–water partition coefficient (Wildman–Crippen LogP) is 3.13. The Labute approximate surface area is 119 Å². The first-order valence-corrected chi connectivity index (χ1v) is 8.55. The topological polar surface area (TPSA) is 15.3 Å². The van der Waals surface area contributed by atoms with E-state index in [4.69, 9.17) is 0 Å². The highest BCUT2D eigenvalue weighted by atomic mass is 15.3. The van der Waals surface area contributed by atoms with E-state index in [1.165, 1.54) is 32.4 Å². The van der Waals surface area contributed by atoms with E-state index in [0.717, 1.165) is 29.7 Å². The summed E-state index contributed by atoms with van der Waals surface area (Å²) in [5.74, 6) is 3.88. The normalized spacial score (nSPS) is 45.0. The lowest BCUT2D eigenvalue weighted by atomic mass is 9.82. The minimum absolute atomic E-state index is 0.692. The van der Waals surface area contributed by atoms with Gasteiger partial charge < -0.3 is 5.32 Å². The molecular formula is C17H32N2. The van der Waals surface area contributed by atoms with E-state index in [2.05, 4.69) is 37.9 Å². The van der Waals surface area contributed by atoms with E-state index < -0.39 is 0 Å². The second-order valence-electron chi connectivity index (χ2n) is 7.88. The molecule has 2 heteroatoms. The second kappa shape index (κ2) is 5.37. The summed E-state index contributed by atoms with van der Waals surface area (Å²) in [6.45, 7) is 12.1. The number of fused-ring (bicyclic) bond motifs is 2. The molecule has 19 heavy (non-hydrogen) atoms. The fourth-order valence-electron chi connectivity index (χ4n) is 5.06. The predicted molar refractivity (Wildman–Crippen MR) is 81.2 cm³/mol. The third-order valence-corrected chi connectivity index (χ3v) is 6.39. The molecule has 110 valence electrons. The number of nitrogens with one attached hydrogen (secondary N) is 1. The van der Waals surface area contributed by atoms with Crippen LogP contribution in [0.2, 0.25) is 0 Å². The summed E-state index contributed by atoms with van der Waals surface area (Å²) in [6, 6.07) is 2.20. The highest BCUT2D eigenvalue weighted by Crippen LogP contribution is 2.50. The molecular weight excluding hydrogens is 232 g/mol. The molecule has 0 aromatic heterocycles. The van der Waals surface area contributed by atoms with Crippen molar-refractivity contribution in [2.24, 2.45) is 23.7 Å². The first-order chi connectivity index (χ1) is 9.06. The number of hydrogen-bond donors (Lipinski definition) is 1. The summed E-state index contributed by atoms with van der Waals surface area (Å²) in [5.41, 5.74) is 0. The summed E-state index contributed by atoms with van der Waals surface area (Å²) in [5, 5.41) is 3.74. The molecule has 2 saturated carbocycles. The Morgan fingerprint density at radius 2 is 1.89 bits per heavy atom. The van der Waals surface area contributed by atoms with Crippen LogP contribution in [0.25, 0.3) is 0 Å². The lowest BCUT2D eigenvalue weighted by Crippen LogP contribution is -2.60. The quantitative estimate of drug-likeness (QED) is 0.842. The first-order valence-electron chi connectivity index (χ1n) is 8.55. The Kier molecular flexibility index (Phi) is 3.92. The molecule has 3 fully saturated rings. The second-order valence-corrected chi connectivity index (χ2v) is 7.88. The number of piperazine rings is 1. The van der Waals surface area contributed by atoms with Gasteiger partial charge in [0, 0.05) is 31.2 Å². The average molecular weight is 264 g/mol. The molecule has 2 aliphatic carbocycles. The summed E-state index contributed by atoms with van der Waals surface area (Å²) in [4.78, 5) is 2.83. The molecule has 1 aliphatic heterocycles. The zero-order chi connectivity index (χ0) is 13.6. The van der Waals surface area contributed by atoms with Gasteiger partial charge in [0.25, 0.3) is 0 Å². The van der Waals surface area contributed by atoms with Gasteiger partial charge in [0.15, 0.2) is 0 Å². The van der Waals surface area contributed by atoms with E-state index in [-0.39, 0.29) is 0 Å². The van der Waals surface area contributed by atoms with Crippen molar-refractivity contribution in [1.82, 2.24) is 10.2 Å². The van der Waals surface area contributed by atoms with Crippen molar-refractivity contribution < 1.29 is 0 Å². The Morgan fingerprint density at radius 1 is 1.11 bits per heavy atom. The molecule has 6 unspecified atom stereocenters. The zero-order valence-electron chi connectivity index (χ0n) is 13.2. The van der Waals surface area contributed by atoms with Crippen LogP contribution in [0.1, 0.15) is 53.4 Å². The molecule has 1 N–H and O–H groups in total. The minimum atomic E-state index is 0.692. The Hall–Kier alpha value is -0.0800. The van der Waals surface area contributed by atoms with Gasteiger partial charge in [-0.15, -0.1) is 0 Å². The molecule has 3 aliphatic rings. The summed E-state index contributed by atoms with van der Waals surface area (Å²) < 4.78 is 0. The van der Waals surface area contributed by atoms with E-state index in [9.17, 15) is 0 Å². The fourth-order valence-corrected chi connectivity index (χ4v) is 5.06. The average Bonchev–Trinajstić information content (AvgIpc) is 3.00. The van der Waals surface area contributed by atoms with Crippen LogP contribution in [-0.2, 0) is 0 Å². The van der Waals surface area contributed by atoms with Crippen molar-refractivity contribution in [3.63, 3.8) is 0 Å². The smallest absolute Gasteiger partial charge is 0.0218 e. The molecule has 0 amide bonds. The first kappa shape index (κ1) is 13.9. The third kappa shape index (κ3) is 2.58. The fraction of sp³-hybridized carbons (Fsp3) is 1.00. The molecule has 1 saturated heterocycles. The van der Waals surface area contributed by atoms with Gasteiger partial charge in [-0.25, -0.2) is 0 Å². The summed E-state index contributed by atoms with van der Waals surface area (Å²) in [7, 11) is 0. The van der Waals surface area contributed by atoms with Gasteiger partial charge in [-0.05, 0) is 56.8 Å². The molecule has 0 aromatic carbocycles. The maximum Gasteiger partial charge on any atom is 0.0218 e. The van der Waals surface area contributed by atoms with Crippen molar-refractivity contribution in [1.29, 1.82) is 0 Å². The van der Waals surface area contributed by atoms with Gasteiger partial charge in [0.1, 0.15) is 0 Å². The van der Waals surface area contributed by atoms with Crippen LogP contribution in [0.15, 0.2) is 0 Å². The van der Waals surface area contributed by atoms with Crippen molar-refractivity contribution in [3.05, 3.63) is 0 Å². The highest BCUT2D eigenvalue weighted by molar-refractivity contribution is 4.97. The van der Waals surface area contributed by atoms with Crippen LogP contribution in [0.4, 0.5) is 0 Å². The maximum absolute atomic E-state index is 3.74. The van der Waals surface area contributed by atoms with Gasteiger partial charge in [0.2, 0.25) is 0 Å². The van der Waals surface area contributed by atoms with Gasteiger partial charge >= 0.3 is 0 Å². The largest absolute Gasteiger partial charge is 0.311 e.